The summed E-state index contributed by atoms with van der Waals surface area (Å²) in [5, 5.41) is 0. The average Bonchev–Trinajstić information content (AvgIpc) is 2.89. The second-order valence-electron chi connectivity index (χ2n) is 5.17. The Bertz CT molecular complexity index is 778. The zero-order valence-corrected chi connectivity index (χ0v) is 12.2. The van der Waals surface area contributed by atoms with Crippen LogP contribution in [0, 0.1) is 13.8 Å². The van der Waals surface area contributed by atoms with Crippen molar-refractivity contribution in [3.63, 3.8) is 0 Å². The molecule has 0 saturated carbocycles. The smallest absolute Gasteiger partial charge is 0.233 e. The van der Waals surface area contributed by atoms with E-state index in [1.807, 2.05) is 44.2 Å². The molecule has 108 valence electrons. The lowest BCUT2D eigenvalue weighted by Gasteiger charge is -2.07. The standard InChI is InChI=1S/C17H18N2O2/c1-11-3-4-12(2)15(7-11)20-10-17-19-14-6-5-13(9-18)8-16(14)21-17/h3-8H,9-10,18H2,1-2H3. The first-order chi connectivity index (χ1) is 10.2. The first kappa shape index (κ1) is 13.6. The number of ether oxygens (including phenoxy) is 1. The van der Waals surface area contributed by atoms with E-state index in [0.29, 0.717) is 19.0 Å². The largest absolute Gasteiger partial charge is 0.484 e. The van der Waals surface area contributed by atoms with Crippen molar-refractivity contribution in [1.82, 2.24) is 4.98 Å². The number of benzene rings is 2. The quantitative estimate of drug-likeness (QED) is 0.795. The van der Waals surface area contributed by atoms with E-state index in [9.17, 15) is 0 Å². The van der Waals surface area contributed by atoms with Gasteiger partial charge in [0.1, 0.15) is 11.3 Å². The second kappa shape index (κ2) is 5.58. The highest BCUT2D eigenvalue weighted by molar-refractivity contribution is 5.73. The maximum absolute atomic E-state index is 5.81. The van der Waals surface area contributed by atoms with Crippen LogP contribution in [-0.2, 0) is 13.2 Å². The summed E-state index contributed by atoms with van der Waals surface area (Å²) in [6.45, 7) is 4.87. The van der Waals surface area contributed by atoms with Gasteiger partial charge in [-0.1, -0.05) is 18.2 Å². The fourth-order valence-corrected chi connectivity index (χ4v) is 2.21. The van der Waals surface area contributed by atoms with Gasteiger partial charge in [0.2, 0.25) is 5.89 Å². The SMILES string of the molecule is Cc1ccc(C)c(OCc2nc3ccc(CN)cc3o2)c1. The van der Waals surface area contributed by atoms with Crippen molar-refractivity contribution in [3.05, 3.63) is 59.0 Å². The maximum Gasteiger partial charge on any atom is 0.233 e. The minimum Gasteiger partial charge on any atom is -0.484 e. The monoisotopic (exact) mass is 282 g/mol. The van der Waals surface area contributed by atoms with Crippen molar-refractivity contribution in [2.75, 3.05) is 0 Å². The summed E-state index contributed by atoms with van der Waals surface area (Å²) >= 11 is 0. The van der Waals surface area contributed by atoms with Crippen LogP contribution in [0.4, 0.5) is 0 Å². The van der Waals surface area contributed by atoms with E-state index in [1.165, 1.54) is 5.56 Å². The highest BCUT2D eigenvalue weighted by atomic mass is 16.5. The second-order valence-corrected chi connectivity index (χ2v) is 5.17. The minimum atomic E-state index is 0.316. The van der Waals surface area contributed by atoms with Crippen molar-refractivity contribution in [2.24, 2.45) is 5.73 Å². The Morgan fingerprint density at radius 1 is 1.14 bits per heavy atom. The van der Waals surface area contributed by atoms with Crippen LogP contribution in [0.25, 0.3) is 11.1 Å². The third-order valence-corrected chi connectivity index (χ3v) is 3.43. The number of aryl methyl sites for hydroxylation is 2. The Hall–Kier alpha value is -2.33. The predicted molar refractivity (Wildman–Crippen MR) is 82.1 cm³/mol. The molecule has 0 atom stereocenters. The van der Waals surface area contributed by atoms with Crippen LogP contribution in [0.1, 0.15) is 22.6 Å². The summed E-state index contributed by atoms with van der Waals surface area (Å²) in [5.74, 6) is 1.43. The van der Waals surface area contributed by atoms with Gasteiger partial charge in [-0.05, 0) is 48.7 Å². The third-order valence-electron chi connectivity index (χ3n) is 3.43. The highest BCUT2D eigenvalue weighted by Gasteiger charge is 2.08. The fourth-order valence-electron chi connectivity index (χ4n) is 2.21. The molecular formula is C17H18N2O2. The summed E-state index contributed by atoms with van der Waals surface area (Å²) in [6, 6.07) is 11.9. The van der Waals surface area contributed by atoms with Gasteiger partial charge in [0, 0.05) is 6.54 Å². The minimum absolute atomic E-state index is 0.316. The molecular weight excluding hydrogens is 264 g/mol. The number of oxazole rings is 1. The molecule has 0 unspecified atom stereocenters. The molecule has 0 saturated heterocycles. The molecule has 3 rings (SSSR count). The Morgan fingerprint density at radius 3 is 2.81 bits per heavy atom. The van der Waals surface area contributed by atoms with Gasteiger partial charge in [0.15, 0.2) is 12.2 Å². The number of hydrogen-bond acceptors (Lipinski definition) is 4. The molecule has 0 amide bonds. The normalized spacial score (nSPS) is 11.0. The first-order valence-electron chi connectivity index (χ1n) is 6.94. The van der Waals surface area contributed by atoms with Gasteiger partial charge in [-0.25, -0.2) is 4.98 Å². The van der Waals surface area contributed by atoms with E-state index >= 15 is 0 Å². The molecule has 3 aromatic rings. The summed E-state index contributed by atoms with van der Waals surface area (Å²) in [4.78, 5) is 4.42. The van der Waals surface area contributed by atoms with Gasteiger partial charge in [0.25, 0.3) is 0 Å². The third kappa shape index (κ3) is 2.90. The number of nitrogens with zero attached hydrogens (tertiary/aromatic N) is 1. The predicted octanol–water partition coefficient (Wildman–Crippen LogP) is 3.48. The molecule has 2 N–H and O–H groups in total. The first-order valence-corrected chi connectivity index (χ1v) is 6.94. The molecule has 0 spiro atoms. The molecule has 2 aromatic carbocycles. The molecule has 0 aliphatic heterocycles. The maximum atomic E-state index is 5.81. The van der Waals surface area contributed by atoms with Gasteiger partial charge >= 0.3 is 0 Å². The van der Waals surface area contributed by atoms with E-state index in [-0.39, 0.29) is 0 Å². The summed E-state index contributed by atoms with van der Waals surface area (Å²) in [5.41, 5.74) is 10.5. The Balaban J connectivity index is 1.80. The molecule has 1 aromatic heterocycles. The number of aromatic nitrogens is 1. The Kier molecular flexibility index (Phi) is 3.62. The lowest BCUT2D eigenvalue weighted by molar-refractivity contribution is 0.265. The van der Waals surface area contributed by atoms with E-state index in [0.717, 1.165) is 28.0 Å². The van der Waals surface area contributed by atoms with E-state index in [4.69, 9.17) is 14.9 Å². The molecule has 0 aliphatic carbocycles. The van der Waals surface area contributed by atoms with Crippen LogP contribution in [0.2, 0.25) is 0 Å². The van der Waals surface area contributed by atoms with Gasteiger partial charge in [-0.2, -0.15) is 0 Å². The molecule has 4 nitrogen and oxygen atoms in total. The summed E-state index contributed by atoms with van der Waals surface area (Å²) in [7, 11) is 0. The molecule has 0 radical (unpaired) electrons. The molecule has 0 bridgehead atoms. The van der Waals surface area contributed by atoms with Crippen LogP contribution in [0.3, 0.4) is 0 Å². The number of rotatable bonds is 4. The van der Waals surface area contributed by atoms with Crippen molar-refractivity contribution < 1.29 is 9.15 Å². The molecule has 21 heavy (non-hydrogen) atoms. The van der Waals surface area contributed by atoms with Crippen molar-refractivity contribution in [2.45, 2.75) is 27.0 Å². The van der Waals surface area contributed by atoms with E-state index in [1.54, 1.807) is 0 Å². The molecule has 1 heterocycles. The number of nitrogens with two attached hydrogens (primary N) is 1. The van der Waals surface area contributed by atoms with E-state index in [2.05, 4.69) is 11.1 Å². The highest BCUT2D eigenvalue weighted by Crippen LogP contribution is 2.22. The van der Waals surface area contributed by atoms with Crippen LogP contribution >= 0.6 is 0 Å². The lowest BCUT2D eigenvalue weighted by atomic mass is 10.1. The van der Waals surface area contributed by atoms with Crippen LogP contribution < -0.4 is 10.5 Å². The Labute approximate surface area is 123 Å². The molecule has 0 aliphatic rings. The van der Waals surface area contributed by atoms with Crippen molar-refractivity contribution >= 4 is 11.1 Å². The zero-order chi connectivity index (χ0) is 14.8. The summed E-state index contributed by atoms with van der Waals surface area (Å²) < 4.78 is 11.5. The topological polar surface area (TPSA) is 61.3 Å². The van der Waals surface area contributed by atoms with Gasteiger partial charge in [0.05, 0.1) is 0 Å². The average molecular weight is 282 g/mol. The van der Waals surface area contributed by atoms with Crippen LogP contribution in [0.15, 0.2) is 40.8 Å². The number of hydrogen-bond donors (Lipinski definition) is 1. The van der Waals surface area contributed by atoms with Gasteiger partial charge in [-0.3, -0.25) is 0 Å². The van der Waals surface area contributed by atoms with Gasteiger partial charge in [-0.15, -0.1) is 0 Å². The van der Waals surface area contributed by atoms with Crippen molar-refractivity contribution in [1.29, 1.82) is 0 Å². The zero-order valence-electron chi connectivity index (χ0n) is 12.2. The van der Waals surface area contributed by atoms with Crippen molar-refractivity contribution in [3.8, 4) is 5.75 Å². The fraction of sp³-hybridized carbons (Fsp3) is 0.235. The molecule has 0 fully saturated rings. The lowest BCUT2D eigenvalue weighted by Crippen LogP contribution is -1.97. The van der Waals surface area contributed by atoms with Crippen LogP contribution in [-0.4, -0.2) is 4.98 Å². The van der Waals surface area contributed by atoms with Gasteiger partial charge < -0.3 is 14.9 Å². The molecule has 4 heteroatoms. The summed E-state index contributed by atoms with van der Waals surface area (Å²) in [6.07, 6.45) is 0. The van der Waals surface area contributed by atoms with Crippen LogP contribution in [0.5, 0.6) is 5.75 Å². The Morgan fingerprint density at radius 2 is 2.00 bits per heavy atom. The number of fused-ring (bicyclic) bond motifs is 1. The van der Waals surface area contributed by atoms with E-state index < -0.39 is 0 Å².